The van der Waals surface area contributed by atoms with Gasteiger partial charge in [0.25, 0.3) is 0 Å². The maximum Gasteiger partial charge on any atom is 0.102 e. The van der Waals surface area contributed by atoms with Crippen LogP contribution in [0.1, 0.15) is 73.1 Å². The van der Waals surface area contributed by atoms with Gasteiger partial charge in [-0.1, -0.05) is 59.6 Å². The Balaban J connectivity index is 2.10. The van der Waals surface area contributed by atoms with Crippen LogP contribution < -0.4 is 0 Å². The molecule has 152 valence electrons. The molecule has 0 bridgehead atoms. The first-order chi connectivity index (χ1) is 11.6. The molecule has 3 fully saturated rings. The second-order valence-corrected chi connectivity index (χ2v) is 12.6. The molecule has 0 aliphatic heterocycles. The van der Waals surface area contributed by atoms with Crippen molar-refractivity contribution in [3.63, 3.8) is 0 Å². The summed E-state index contributed by atoms with van der Waals surface area (Å²) in [5.41, 5.74) is -5.65. The minimum absolute atomic E-state index is 0.0717. The first-order valence-electron chi connectivity index (χ1n) is 9.72. The fourth-order valence-electron chi connectivity index (χ4n) is 6.38. The van der Waals surface area contributed by atoms with Crippen LogP contribution in [0, 0.1) is 16.2 Å². The predicted molar refractivity (Wildman–Crippen MR) is 110 cm³/mol. The van der Waals surface area contributed by atoms with E-state index in [4.69, 9.17) is 0 Å². The second kappa shape index (κ2) is 5.91. The van der Waals surface area contributed by atoms with Gasteiger partial charge in [0.1, 0.15) is 5.60 Å². The van der Waals surface area contributed by atoms with Crippen molar-refractivity contribution in [3.8, 4) is 0 Å². The SMILES string of the molecule is CC1(C)[C@H](Br)C[C@H](O)[C@]1(C)[C@@]1(O)CC[C@]2(C)[C@@H](Br)CC[C@@](C)(O)[C@@]2(O)C1. The monoisotopic (exact) mass is 496 g/mol. The largest absolute Gasteiger partial charge is 0.392 e. The summed E-state index contributed by atoms with van der Waals surface area (Å²) in [6, 6.07) is 0. The van der Waals surface area contributed by atoms with E-state index >= 15 is 0 Å². The van der Waals surface area contributed by atoms with Crippen molar-refractivity contribution >= 4 is 31.9 Å². The van der Waals surface area contributed by atoms with E-state index in [1.807, 2.05) is 13.8 Å². The minimum Gasteiger partial charge on any atom is -0.392 e. The summed E-state index contributed by atoms with van der Waals surface area (Å²) in [6.45, 7) is 9.82. The minimum atomic E-state index is -1.43. The van der Waals surface area contributed by atoms with Gasteiger partial charge in [-0.2, -0.15) is 0 Å². The third-order valence-electron chi connectivity index (χ3n) is 9.20. The van der Waals surface area contributed by atoms with Crippen molar-refractivity contribution in [3.05, 3.63) is 0 Å². The van der Waals surface area contributed by atoms with Crippen LogP contribution in [0.4, 0.5) is 0 Å². The number of aliphatic hydroxyl groups is 4. The summed E-state index contributed by atoms with van der Waals surface area (Å²) >= 11 is 7.44. The first kappa shape index (κ1) is 21.5. The predicted octanol–water partition coefficient (Wildman–Crippen LogP) is 3.51. The lowest BCUT2D eigenvalue weighted by atomic mass is 9.44. The van der Waals surface area contributed by atoms with E-state index in [1.54, 1.807) is 6.92 Å². The van der Waals surface area contributed by atoms with Gasteiger partial charge in [-0.25, -0.2) is 0 Å². The third-order valence-corrected chi connectivity index (χ3v) is 12.2. The number of hydrogen-bond donors (Lipinski definition) is 4. The van der Waals surface area contributed by atoms with E-state index in [1.165, 1.54) is 0 Å². The van der Waals surface area contributed by atoms with Gasteiger partial charge in [0.05, 0.1) is 17.3 Å². The molecule has 8 atom stereocenters. The normalized spacial score (nSPS) is 59.9. The quantitative estimate of drug-likeness (QED) is 0.418. The van der Waals surface area contributed by atoms with Crippen molar-refractivity contribution < 1.29 is 20.4 Å². The molecular formula is C20H34Br2O4. The van der Waals surface area contributed by atoms with E-state index in [2.05, 4.69) is 45.7 Å². The zero-order valence-electron chi connectivity index (χ0n) is 16.5. The first-order valence-corrected chi connectivity index (χ1v) is 11.6. The molecule has 3 rings (SSSR count). The van der Waals surface area contributed by atoms with Gasteiger partial charge >= 0.3 is 0 Å². The molecule has 26 heavy (non-hydrogen) atoms. The van der Waals surface area contributed by atoms with Gasteiger partial charge in [0.2, 0.25) is 0 Å². The molecule has 3 saturated carbocycles. The number of alkyl halides is 2. The third kappa shape index (κ3) is 2.32. The zero-order chi connectivity index (χ0) is 20.0. The summed E-state index contributed by atoms with van der Waals surface area (Å²) in [5.74, 6) is 0. The topological polar surface area (TPSA) is 80.9 Å². The van der Waals surface area contributed by atoms with Crippen LogP contribution in [0.5, 0.6) is 0 Å². The molecule has 0 aromatic heterocycles. The number of fused-ring (bicyclic) bond motifs is 1. The van der Waals surface area contributed by atoms with E-state index < -0.39 is 33.7 Å². The van der Waals surface area contributed by atoms with Crippen molar-refractivity contribution in [1.29, 1.82) is 0 Å². The Morgan fingerprint density at radius 3 is 1.92 bits per heavy atom. The molecule has 3 aliphatic carbocycles. The van der Waals surface area contributed by atoms with Crippen molar-refractivity contribution in [1.82, 2.24) is 0 Å². The molecule has 0 aromatic rings. The molecule has 0 radical (unpaired) electrons. The van der Waals surface area contributed by atoms with Crippen LogP contribution in [-0.2, 0) is 0 Å². The average Bonchev–Trinajstić information content (AvgIpc) is 2.68. The maximum absolute atomic E-state index is 11.9. The van der Waals surface area contributed by atoms with Gasteiger partial charge < -0.3 is 20.4 Å². The lowest BCUT2D eigenvalue weighted by Gasteiger charge is -2.67. The number of halogens is 2. The molecule has 0 saturated heterocycles. The summed E-state index contributed by atoms with van der Waals surface area (Å²) in [5, 5.41) is 45.9. The van der Waals surface area contributed by atoms with E-state index in [-0.39, 0.29) is 21.5 Å². The fraction of sp³-hybridized carbons (Fsp3) is 1.00. The Morgan fingerprint density at radius 2 is 1.42 bits per heavy atom. The Kier molecular flexibility index (Phi) is 4.89. The van der Waals surface area contributed by atoms with Gasteiger partial charge in [-0.3, -0.25) is 0 Å². The fourth-order valence-corrected chi connectivity index (χ4v) is 8.04. The smallest absolute Gasteiger partial charge is 0.102 e. The lowest BCUT2D eigenvalue weighted by Crippen LogP contribution is -2.75. The van der Waals surface area contributed by atoms with E-state index in [9.17, 15) is 20.4 Å². The van der Waals surface area contributed by atoms with Gasteiger partial charge in [-0.15, -0.1) is 0 Å². The van der Waals surface area contributed by atoms with Crippen LogP contribution in [0.25, 0.3) is 0 Å². The molecule has 6 heteroatoms. The molecule has 4 N–H and O–H groups in total. The highest BCUT2D eigenvalue weighted by Gasteiger charge is 2.73. The molecular weight excluding hydrogens is 464 g/mol. The standard InChI is InChI=1S/C20H34Br2O4/c1-15(2)13(22)10-14(23)18(15,5)19(25)9-8-16(3)12(21)6-7-17(4,24)20(16,26)11-19/h12-14,23-26H,6-11H2,1-5H3/t12-,13+,14-,16+,17+,18-,19+,20+/m0/s1. The van der Waals surface area contributed by atoms with Crippen molar-refractivity contribution in [2.75, 3.05) is 0 Å². The lowest BCUT2D eigenvalue weighted by molar-refractivity contribution is -0.298. The number of hydrogen-bond acceptors (Lipinski definition) is 4. The Hall–Kier alpha value is 0.800. The summed E-state index contributed by atoms with van der Waals surface area (Å²) in [6.07, 6.45) is 2.33. The van der Waals surface area contributed by atoms with Crippen LogP contribution >= 0.6 is 31.9 Å². The number of rotatable bonds is 1. The summed E-state index contributed by atoms with van der Waals surface area (Å²) in [4.78, 5) is 0.167. The molecule has 3 aliphatic rings. The van der Waals surface area contributed by atoms with Crippen LogP contribution in [0.2, 0.25) is 0 Å². The highest BCUT2D eigenvalue weighted by molar-refractivity contribution is 9.09. The van der Waals surface area contributed by atoms with Crippen LogP contribution in [0.15, 0.2) is 0 Å². The Morgan fingerprint density at radius 1 is 0.846 bits per heavy atom. The van der Waals surface area contributed by atoms with Crippen molar-refractivity contribution in [2.45, 2.75) is 106 Å². The summed E-state index contributed by atoms with van der Waals surface area (Å²) in [7, 11) is 0. The van der Waals surface area contributed by atoms with Crippen LogP contribution in [-0.4, -0.2) is 53.0 Å². The molecule has 0 spiro atoms. The molecule has 0 heterocycles. The average molecular weight is 498 g/mol. The molecule has 0 unspecified atom stereocenters. The van der Waals surface area contributed by atoms with Gasteiger partial charge in [0.15, 0.2) is 0 Å². The molecule has 0 aromatic carbocycles. The Bertz CT molecular complexity index is 596. The highest BCUT2D eigenvalue weighted by Crippen LogP contribution is 2.68. The van der Waals surface area contributed by atoms with Gasteiger partial charge in [-0.05, 0) is 44.4 Å². The van der Waals surface area contributed by atoms with E-state index in [0.717, 1.165) is 6.42 Å². The zero-order valence-corrected chi connectivity index (χ0v) is 19.7. The molecule has 0 amide bonds. The molecule has 4 nitrogen and oxygen atoms in total. The Labute approximate surface area is 174 Å². The van der Waals surface area contributed by atoms with Gasteiger partial charge in [0, 0.05) is 26.9 Å². The van der Waals surface area contributed by atoms with E-state index in [0.29, 0.717) is 25.7 Å². The van der Waals surface area contributed by atoms with Crippen molar-refractivity contribution in [2.24, 2.45) is 16.2 Å². The second-order valence-electron chi connectivity index (χ2n) is 10.4. The number of aliphatic hydroxyl groups excluding tert-OH is 1. The maximum atomic E-state index is 11.9. The highest BCUT2D eigenvalue weighted by atomic mass is 79.9. The summed E-state index contributed by atoms with van der Waals surface area (Å²) < 4.78 is 0. The van der Waals surface area contributed by atoms with Crippen LogP contribution in [0.3, 0.4) is 0 Å².